The SMILES string of the molecule is CCC(=O)N1CCN(c2nc3cc(C)ccc3cc2C#N)CC1. The van der Waals surface area contributed by atoms with Gasteiger partial charge in [-0.1, -0.05) is 19.1 Å². The van der Waals surface area contributed by atoms with Gasteiger partial charge in [-0.2, -0.15) is 5.26 Å². The minimum atomic E-state index is 0.187. The molecule has 2 heterocycles. The maximum absolute atomic E-state index is 11.8. The van der Waals surface area contributed by atoms with Gasteiger partial charge in [-0.25, -0.2) is 4.98 Å². The number of fused-ring (bicyclic) bond motifs is 1. The first-order chi connectivity index (χ1) is 11.1. The number of aromatic nitrogens is 1. The molecular formula is C18H20N4O. The summed E-state index contributed by atoms with van der Waals surface area (Å²) in [5.41, 5.74) is 2.65. The van der Waals surface area contributed by atoms with Gasteiger partial charge in [-0.05, 0) is 24.6 Å². The zero-order chi connectivity index (χ0) is 16.4. The first-order valence-corrected chi connectivity index (χ1v) is 7.96. The second kappa shape index (κ2) is 6.25. The quantitative estimate of drug-likeness (QED) is 0.855. The van der Waals surface area contributed by atoms with E-state index in [1.54, 1.807) is 0 Å². The minimum Gasteiger partial charge on any atom is -0.352 e. The van der Waals surface area contributed by atoms with E-state index in [4.69, 9.17) is 4.98 Å². The van der Waals surface area contributed by atoms with E-state index in [9.17, 15) is 10.1 Å². The fourth-order valence-electron chi connectivity index (χ4n) is 2.98. The normalized spacial score (nSPS) is 14.8. The van der Waals surface area contributed by atoms with Crippen LogP contribution in [0.15, 0.2) is 24.3 Å². The Morgan fingerprint density at radius 2 is 2.00 bits per heavy atom. The van der Waals surface area contributed by atoms with Crippen LogP contribution in [0.5, 0.6) is 0 Å². The van der Waals surface area contributed by atoms with Crippen LogP contribution in [0.4, 0.5) is 5.82 Å². The molecule has 0 spiro atoms. The number of hydrogen-bond donors (Lipinski definition) is 0. The van der Waals surface area contributed by atoms with Crippen LogP contribution in [0.2, 0.25) is 0 Å². The molecule has 5 nitrogen and oxygen atoms in total. The van der Waals surface area contributed by atoms with Crippen molar-refractivity contribution in [3.05, 3.63) is 35.4 Å². The molecule has 118 valence electrons. The van der Waals surface area contributed by atoms with E-state index in [0.717, 1.165) is 22.3 Å². The average Bonchev–Trinajstić information content (AvgIpc) is 2.60. The summed E-state index contributed by atoms with van der Waals surface area (Å²) in [5.74, 6) is 0.918. The highest BCUT2D eigenvalue weighted by molar-refractivity contribution is 5.84. The molecular weight excluding hydrogens is 288 g/mol. The van der Waals surface area contributed by atoms with Gasteiger partial charge in [0.15, 0.2) is 0 Å². The van der Waals surface area contributed by atoms with Crippen LogP contribution in [0.1, 0.15) is 24.5 Å². The fraction of sp³-hybridized carbons (Fsp3) is 0.389. The van der Waals surface area contributed by atoms with Gasteiger partial charge in [0.2, 0.25) is 5.91 Å². The number of piperazine rings is 1. The van der Waals surface area contributed by atoms with E-state index < -0.39 is 0 Å². The highest BCUT2D eigenvalue weighted by Gasteiger charge is 2.23. The molecule has 0 bridgehead atoms. The van der Waals surface area contributed by atoms with Crippen LogP contribution < -0.4 is 4.90 Å². The number of carbonyl (C=O) groups excluding carboxylic acids is 1. The van der Waals surface area contributed by atoms with Crippen LogP contribution in [0.25, 0.3) is 10.9 Å². The van der Waals surface area contributed by atoms with Crippen molar-refractivity contribution in [2.24, 2.45) is 0 Å². The Kier molecular flexibility index (Phi) is 4.16. The minimum absolute atomic E-state index is 0.187. The number of rotatable bonds is 2. The van der Waals surface area contributed by atoms with Crippen molar-refractivity contribution < 1.29 is 4.79 Å². The van der Waals surface area contributed by atoms with Crippen molar-refractivity contribution in [2.75, 3.05) is 31.1 Å². The van der Waals surface area contributed by atoms with Crippen molar-refractivity contribution in [3.63, 3.8) is 0 Å². The Labute approximate surface area is 136 Å². The molecule has 1 fully saturated rings. The Morgan fingerprint density at radius 1 is 1.26 bits per heavy atom. The standard InChI is InChI=1S/C18H20N4O/c1-3-17(23)21-6-8-22(9-7-21)18-15(12-19)11-14-5-4-13(2)10-16(14)20-18/h4-5,10-11H,3,6-9H2,1-2H3. The van der Waals surface area contributed by atoms with Crippen molar-refractivity contribution >= 4 is 22.6 Å². The summed E-state index contributed by atoms with van der Waals surface area (Å²) < 4.78 is 0. The van der Waals surface area contributed by atoms with Crippen LogP contribution in [-0.4, -0.2) is 42.0 Å². The molecule has 1 aromatic carbocycles. The Hall–Kier alpha value is -2.61. The molecule has 23 heavy (non-hydrogen) atoms. The molecule has 1 aromatic heterocycles. The van der Waals surface area contributed by atoms with E-state index >= 15 is 0 Å². The first kappa shape index (κ1) is 15.3. The lowest BCUT2D eigenvalue weighted by molar-refractivity contribution is -0.131. The first-order valence-electron chi connectivity index (χ1n) is 7.96. The number of nitriles is 1. The molecule has 1 saturated heterocycles. The largest absolute Gasteiger partial charge is 0.352 e. The molecule has 0 atom stereocenters. The predicted octanol–water partition coefficient (Wildman–Crippen LogP) is 2.47. The van der Waals surface area contributed by atoms with E-state index in [0.29, 0.717) is 38.2 Å². The summed E-state index contributed by atoms with van der Waals surface area (Å²) in [7, 11) is 0. The third-order valence-electron chi connectivity index (χ3n) is 4.31. The highest BCUT2D eigenvalue weighted by Crippen LogP contribution is 2.25. The lowest BCUT2D eigenvalue weighted by atomic mass is 10.1. The second-order valence-electron chi connectivity index (χ2n) is 5.89. The number of nitrogens with zero attached hydrogens (tertiary/aromatic N) is 4. The molecule has 3 rings (SSSR count). The molecule has 0 N–H and O–H groups in total. The van der Waals surface area contributed by atoms with Crippen molar-refractivity contribution in [2.45, 2.75) is 20.3 Å². The lowest BCUT2D eigenvalue weighted by Gasteiger charge is -2.35. The monoisotopic (exact) mass is 308 g/mol. The van der Waals surface area contributed by atoms with Gasteiger partial charge in [0.05, 0.1) is 11.1 Å². The van der Waals surface area contributed by atoms with Crippen molar-refractivity contribution in [3.8, 4) is 6.07 Å². The van der Waals surface area contributed by atoms with Crippen LogP contribution >= 0.6 is 0 Å². The number of carbonyl (C=O) groups is 1. The van der Waals surface area contributed by atoms with Gasteiger partial charge < -0.3 is 9.80 Å². The molecule has 1 aliphatic rings. The van der Waals surface area contributed by atoms with Crippen LogP contribution in [-0.2, 0) is 4.79 Å². The highest BCUT2D eigenvalue weighted by atomic mass is 16.2. The molecule has 1 amide bonds. The predicted molar refractivity (Wildman–Crippen MR) is 90.3 cm³/mol. The van der Waals surface area contributed by atoms with Gasteiger partial charge in [0, 0.05) is 38.0 Å². The maximum Gasteiger partial charge on any atom is 0.222 e. The van der Waals surface area contributed by atoms with E-state index in [-0.39, 0.29) is 5.91 Å². The Balaban J connectivity index is 1.90. The second-order valence-corrected chi connectivity index (χ2v) is 5.89. The molecule has 1 aliphatic heterocycles. The van der Waals surface area contributed by atoms with Crippen molar-refractivity contribution in [1.29, 1.82) is 5.26 Å². The van der Waals surface area contributed by atoms with Gasteiger partial charge in [-0.3, -0.25) is 4.79 Å². The number of hydrogen-bond acceptors (Lipinski definition) is 4. The number of pyridine rings is 1. The lowest BCUT2D eigenvalue weighted by Crippen LogP contribution is -2.49. The molecule has 5 heteroatoms. The Bertz CT molecular complexity index is 785. The van der Waals surface area contributed by atoms with E-state index in [2.05, 4.69) is 11.0 Å². The smallest absolute Gasteiger partial charge is 0.222 e. The third-order valence-corrected chi connectivity index (χ3v) is 4.31. The topological polar surface area (TPSA) is 60.2 Å². The van der Waals surface area contributed by atoms with E-state index in [1.165, 1.54) is 0 Å². The van der Waals surface area contributed by atoms with Gasteiger partial charge >= 0.3 is 0 Å². The van der Waals surface area contributed by atoms with Gasteiger partial charge in [-0.15, -0.1) is 0 Å². The number of benzene rings is 1. The molecule has 2 aromatic rings. The van der Waals surface area contributed by atoms with E-state index in [1.807, 2.05) is 43.0 Å². The summed E-state index contributed by atoms with van der Waals surface area (Å²) >= 11 is 0. The molecule has 0 aliphatic carbocycles. The van der Waals surface area contributed by atoms with Crippen LogP contribution in [0.3, 0.4) is 0 Å². The molecule has 0 unspecified atom stereocenters. The summed E-state index contributed by atoms with van der Waals surface area (Å²) in [5, 5.41) is 10.4. The number of aryl methyl sites for hydroxylation is 1. The number of anilines is 1. The fourth-order valence-corrected chi connectivity index (χ4v) is 2.98. The Morgan fingerprint density at radius 3 is 2.65 bits per heavy atom. The summed E-state index contributed by atoms with van der Waals surface area (Å²) in [6, 6.07) is 10.2. The zero-order valence-corrected chi connectivity index (χ0v) is 13.5. The molecule has 0 radical (unpaired) electrons. The summed E-state index contributed by atoms with van der Waals surface area (Å²) in [6.45, 7) is 6.72. The zero-order valence-electron chi connectivity index (χ0n) is 13.5. The summed E-state index contributed by atoms with van der Waals surface area (Å²) in [4.78, 5) is 20.5. The van der Waals surface area contributed by atoms with Crippen LogP contribution in [0, 0.1) is 18.3 Å². The van der Waals surface area contributed by atoms with Gasteiger partial charge in [0.25, 0.3) is 0 Å². The summed E-state index contributed by atoms with van der Waals surface area (Å²) in [6.07, 6.45) is 0.539. The average molecular weight is 308 g/mol. The maximum atomic E-state index is 11.8. The number of amides is 1. The third kappa shape index (κ3) is 2.98. The van der Waals surface area contributed by atoms with Crippen molar-refractivity contribution in [1.82, 2.24) is 9.88 Å². The molecule has 0 saturated carbocycles. The van der Waals surface area contributed by atoms with Gasteiger partial charge in [0.1, 0.15) is 11.9 Å².